The minimum absolute atomic E-state index is 0.156. The lowest BCUT2D eigenvalue weighted by molar-refractivity contribution is -0.148. The van der Waals surface area contributed by atoms with Gasteiger partial charge in [-0.25, -0.2) is 9.87 Å². The van der Waals surface area contributed by atoms with Crippen LogP contribution in [0.15, 0.2) is 36.5 Å². The van der Waals surface area contributed by atoms with Crippen LogP contribution < -0.4 is 10.8 Å². The molecule has 3 rings (SSSR count). The number of nitrogens with zero attached hydrogens (tertiary/aromatic N) is 2. The number of carbonyl (C=O) groups is 3. The van der Waals surface area contributed by atoms with Gasteiger partial charge >= 0.3 is 0 Å². The van der Waals surface area contributed by atoms with Gasteiger partial charge in [0.25, 0.3) is 5.91 Å². The molecule has 1 fully saturated rings. The molecular weight excluding hydrogens is 403 g/mol. The van der Waals surface area contributed by atoms with Crippen LogP contribution in [0.5, 0.6) is 0 Å². The van der Waals surface area contributed by atoms with Gasteiger partial charge in [0.15, 0.2) is 6.17 Å². The molecule has 1 aromatic heterocycles. The fourth-order valence-electron chi connectivity index (χ4n) is 3.94. The standard InChI is InChI=1S/C22H27FN4O4/c1-2-3-8-16(19(23)21(29)26-31)22(30)27-11-6-10-18(27)20(28)25-15-12-14-7-4-5-9-17(14)24-13-15/h4-5,7,9,12-13,16,18-19,31H,2-3,6,8,10-11H2,1H3,(H,25,28)(H,26,29)/t16-,18+,19-/m1/s1. The van der Waals surface area contributed by atoms with Crippen LogP contribution in [0, 0.1) is 5.92 Å². The summed E-state index contributed by atoms with van der Waals surface area (Å²) in [5.74, 6) is -3.46. The smallest absolute Gasteiger partial charge is 0.278 e. The van der Waals surface area contributed by atoms with Gasteiger partial charge in [0, 0.05) is 11.9 Å². The van der Waals surface area contributed by atoms with Gasteiger partial charge in [0.2, 0.25) is 11.8 Å². The van der Waals surface area contributed by atoms with Crippen molar-refractivity contribution in [3.63, 3.8) is 0 Å². The fraction of sp³-hybridized carbons (Fsp3) is 0.455. The summed E-state index contributed by atoms with van der Waals surface area (Å²) < 4.78 is 14.6. The molecule has 0 spiro atoms. The van der Waals surface area contributed by atoms with E-state index < -0.39 is 29.9 Å². The summed E-state index contributed by atoms with van der Waals surface area (Å²) in [7, 11) is 0. The number of carbonyl (C=O) groups excluding carboxylic acids is 3. The third-order valence-corrected chi connectivity index (χ3v) is 5.60. The zero-order valence-corrected chi connectivity index (χ0v) is 17.4. The molecule has 1 aromatic carbocycles. The van der Waals surface area contributed by atoms with Crippen molar-refractivity contribution in [1.29, 1.82) is 0 Å². The monoisotopic (exact) mass is 430 g/mol. The van der Waals surface area contributed by atoms with Crippen molar-refractivity contribution in [1.82, 2.24) is 15.4 Å². The molecule has 3 atom stereocenters. The first-order valence-corrected chi connectivity index (χ1v) is 10.5. The van der Waals surface area contributed by atoms with E-state index in [1.165, 1.54) is 10.4 Å². The second-order valence-corrected chi connectivity index (χ2v) is 7.72. The molecular formula is C22H27FN4O4. The summed E-state index contributed by atoms with van der Waals surface area (Å²) in [4.78, 5) is 43.3. The van der Waals surface area contributed by atoms with Crippen LogP contribution in [0.25, 0.3) is 10.9 Å². The van der Waals surface area contributed by atoms with Crippen molar-refractivity contribution >= 4 is 34.3 Å². The van der Waals surface area contributed by atoms with E-state index in [4.69, 9.17) is 5.21 Å². The van der Waals surface area contributed by atoms with Gasteiger partial charge in [0.1, 0.15) is 6.04 Å². The number of hydrogen-bond acceptors (Lipinski definition) is 5. The van der Waals surface area contributed by atoms with Crippen LogP contribution in [0.2, 0.25) is 0 Å². The van der Waals surface area contributed by atoms with Crippen LogP contribution in [0.4, 0.5) is 10.1 Å². The molecule has 0 bridgehead atoms. The van der Waals surface area contributed by atoms with Crippen molar-refractivity contribution in [3.05, 3.63) is 36.5 Å². The highest BCUT2D eigenvalue weighted by Crippen LogP contribution is 2.26. The van der Waals surface area contributed by atoms with Crippen LogP contribution in [0.3, 0.4) is 0 Å². The third kappa shape index (κ3) is 5.16. The lowest BCUT2D eigenvalue weighted by atomic mass is 9.94. The molecule has 0 unspecified atom stereocenters. The van der Waals surface area contributed by atoms with Crippen LogP contribution in [-0.2, 0) is 14.4 Å². The van der Waals surface area contributed by atoms with Gasteiger partial charge in [-0.2, -0.15) is 0 Å². The fourth-order valence-corrected chi connectivity index (χ4v) is 3.94. The van der Waals surface area contributed by atoms with Gasteiger partial charge in [-0.1, -0.05) is 38.0 Å². The predicted molar refractivity (Wildman–Crippen MR) is 113 cm³/mol. The van der Waals surface area contributed by atoms with Gasteiger partial charge in [0.05, 0.1) is 23.3 Å². The number of benzene rings is 1. The highest BCUT2D eigenvalue weighted by atomic mass is 19.1. The summed E-state index contributed by atoms with van der Waals surface area (Å²) in [6, 6.07) is 8.54. The van der Waals surface area contributed by atoms with Crippen molar-refractivity contribution < 1.29 is 24.0 Å². The second-order valence-electron chi connectivity index (χ2n) is 7.72. The lowest BCUT2D eigenvalue weighted by Crippen LogP contribution is -2.49. The van der Waals surface area contributed by atoms with Gasteiger partial charge in [-0.3, -0.25) is 24.6 Å². The molecule has 0 radical (unpaired) electrons. The van der Waals surface area contributed by atoms with Crippen molar-refractivity contribution in [2.75, 3.05) is 11.9 Å². The number of para-hydroxylation sites is 1. The minimum atomic E-state index is -2.18. The van der Waals surface area contributed by atoms with Gasteiger partial charge in [-0.15, -0.1) is 0 Å². The third-order valence-electron chi connectivity index (χ3n) is 5.60. The Morgan fingerprint density at radius 2 is 2.10 bits per heavy atom. The molecule has 3 amide bonds. The highest BCUT2D eigenvalue weighted by Gasteiger charge is 2.41. The van der Waals surface area contributed by atoms with Crippen molar-refractivity contribution in [2.24, 2.45) is 5.92 Å². The van der Waals surface area contributed by atoms with Crippen LogP contribution in [-0.4, -0.2) is 51.6 Å². The summed E-state index contributed by atoms with van der Waals surface area (Å²) in [6.45, 7) is 2.20. The zero-order valence-electron chi connectivity index (χ0n) is 17.4. The molecule has 9 heteroatoms. The van der Waals surface area contributed by atoms with E-state index >= 15 is 0 Å². The Labute approximate surface area is 179 Å². The molecule has 0 saturated carbocycles. The molecule has 1 aliphatic rings. The van der Waals surface area contributed by atoms with E-state index in [0.29, 0.717) is 31.5 Å². The summed E-state index contributed by atoms with van der Waals surface area (Å²) in [5.41, 5.74) is 2.58. The maximum absolute atomic E-state index is 14.6. The number of hydrogen-bond donors (Lipinski definition) is 3. The zero-order chi connectivity index (χ0) is 22.4. The largest absolute Gasteiger partial charge is 0.330 e. The first-order chi connectivity index (χ1) is 15.0. The average molecular weight is 430 g/mol. The molecule has 2 heterocycles. The number of pyridine rings is 1. The number of halogens is 1. The number of rotatable bonds is 8. The van der Waals surface area contributed by atoms with Gasteiger partial charge in [-0.05, 0) is 31.4 Å². The Balaban J connectivity index is 1.74. The SMILES string of the molecule is CCCC[C@@H](C(=O)N1CCC[C@H]1C(=O)Nc1cnc2ccccc2c1)[C@@H](F)C(=O)NO. The minimum Gasteiger partial charge on any atom is -0.330 e. The predicted octanol–water partition coefficient (Wildman–Crippen LogP) is 2.81. The Morgan fingerprint density at radius 3 is 2.84 bits per heavy atom. The maximum atomic E-state index is 14.6. The molecule has 166 valence electrons. The van der Waals surface area contributed by atoms with E-state index in [1.807, 2.05) is 31.2 Å². The number of nitrogens with one attached hydrogen (secondary N) is 2. The lowest BCUT2D eigenvalue weighted by Gasteiger charge is -2.29. The Kier molecular flexibility index (Phi) is 7.51. The van der Waals surface area contributed by atoms with Crippen molar-refractivity contribution in [3.8, 4) is 0 Å². The average Bonchev–Trinajstić information content (AvgIpc) is 3.28. The second kappa shape index (κ2) is 10.3. The number of aromatic nitrogens is 1. The Morgan fingerprint density at radius 1 is 1.32 bits per heavy atom. The molecule has 1 aliphatic heterocycles. The number of hydroxylamine groups is 1. The van der Waals surface area contributed by atoms with E-state index in [-0.39, 0.29) is 12.3 Å². The van der Waals surface area contributed by atoms with E-state index in [2.05, 4.69) is 10.3 Å². The topological polar surface area (TPSA) is 112 Å². The Bertz CT molecular complexity index is 954. The number of likely N-dealkylation sites (tertiary alicyclic amines) is 1. The number of alkyl halides is 1. The first-order valence-electron chi connectivity index (χ1n) is 10.5. The molecule has 31 heavy (non-hydrogen) atoms. The summed E-state index contributed by atoms with van der Waals surface area (Å²) in [5, 5.41) is 12.4. The van der Waals surface area contributed by atoms with Crippen molar-refractivity contribution in [2.45, 2.75) is 51.2 Å². The molecule has 1 saturated heterocycles. The van der Waals surface area contributed by atoms with E-state index in [1.54, 1.807) is 12.3 Å². The molecule has 0 aliphatic carbocycles. The Hall–Kier alpha value is -3.07. The molecule has 2 aromatic rings. The maximum Gasteiger partial charge on any atom is 0.278 e. The van der Waals surface area contributed by atoms with E-state index in [0.717, 1.165) is 17.3 Å². The number of unbranched alkanes of at least 4 members (excludes halogenated alkanes) is 1. The van der Waals surface area contributed by atoms with Crippen LogP contribution in [0.1, 0.15) is 39.0 Å². The summed E-state index contributed by atoms with van der Waals surface area (Å²) >= 11 is 0. The normalized spacial score (nSPS) is 17.9. The van der Waals surface area contributed by atoms with E-state index in [9.17, 15) is 18.8 Å². The number of anilines is 1. The number of fused-ring (bicyclic) bond motifs is 1. The van der Waals surface area contributed by atoms with Crippen LogP contribution >= 0.6 is 0 Å². The van der Waals surface area contributed by atoms with Gasteiger partial charge < -0.3 is 10.2 Å². The first kappa shape index (κ1) is 22.6. The number of amides is 3. The quantitative estimate of drug-likeness (QED) is 0.440. The summed E-state index contributed by atoms with van der Waals surface area (Å²) in [6.07, 6.45) is 1.83. The highest BCUT2D eigenvalue weighted by molar-refractivity contribution is 5.99. The molecule has 8 nitrogen and oxygen atoms in total. The molecule has 3 N–H and O–H groups in total.